The number of carbonyl (C=O) groups excluding carboxylic acids is 1. The van der Waals surface area contributed by atoms with Crippen molar-refractivity contribution >= 4 is 33.2 Å². The lowest BCUT2D eigenvalue weighted by molar-refractivity contribution is -0.131. The zero-order valence-electron chi connectivity index (χ0n) is 13.8. The SMILES string of the molecule is O=C(CNc1ccccc1Br)N1N=C(c2ccco2)CC1c1ccco1. The molecule has 3 aromatic rings. The number of benzene rings is 1. The van der Waals surface area contributed by atoms with E-state index in [1.165, 1.54) is 5.01 Å². The van der Waals surface area contributed by atoms with Crippen LogP contribution >= 0.6 is 15.9 Å². The average Bonchev–Trinajstić information content (AvgIpc) is 3.41. The lowest BCUT2D eigenvalue weighted by Gasteiger charge is -2.20. The molecular formula is C19H16BrN3O3. The van der Waals surface area contributed by atoms with Gasteiger partial charge in [0, 0.05) is 16.6 Å². The number of para-hydroxylation sites is 1. The molecule has 0 radical (unpaired) electrons. The highest BCUT2D eigenvalue weighted by Crippen LogP contribution is 2.33. The number of nitrogens with one attached hydrogen (secondary N) is 1. The van der Waals surface area contributed by atoms with Crippen LogP contribution in [0.5, 0.6) is 0 Å². The fourth-order valence-electron chi connectivity index (χ4n) is 2.89. The maximum Gasteiger partial charge on any atom is 0.262 e. The summed E-state index contributed by atoms with van der Waals surface area (Å²) in [4.78, 5) is 12.8. The second kappa shape index (κ2) is 7.21. The summed E-state index contributed by atoms with van der Waals surface area (Å²) in [7, 11) is 0. The molecule has 6 nitrogen and oxygen atoms in total. The van der Waals surface area contributed by atoms with Crippen LogP contribution in [0, 0.1) is 0 Å². The second-order valence-electron chi connectivity index (χ2n) is 5.83. The number of hydrogen-bond donors (Lipinski definition) is 1. The minimum absolute atomic E-state index is 0.120. The van der Waals surface area contributed by atoms with Crippen LogP contribution in [0.25, 0.3) is 0 Å². The van der Waals surface area contributed by atoms with Crippen molar-refractivity contribution in [2.75, 3.05) is 11.9 Å². The molecule has 1 amide bonds. The molecule has 7 heteroatoms. The van der Waals surface area contributed by atoms with E-state index in [0.29, 0.717) is 17.9 Å². The van der Waals surface area contributed by atoms with Gasteiger partial charge < -0.3 is 14.2 Å². The van der Waals surface area contributed by atoms with Crippen molar-refractivity contribution in [3.05, 3.63) is 77.1 Å². The minimum atomic E-state index is -0.279. The van der Waals surface area contributed by atoms with E-state index in [9.17, 15) is 4.79 Å². The van der Waals surface area contributed by atoms with Crippen LogP contribution in [0.4, 0.5) is 5.69 Å². The zero-order valence-corrected chi connectivity index (χ0v) is 15.3. The van der Waals surface area contributed by atoms with Crippen molar-refractivity contribution in [1.29, 1.82) is 0 Å². The van der Waals surface area contributed by atoms with E-state index in [-0.39, 0.29) is 18.5 Å². The van der Waals surface area contributed by atoms with E-state index in [2.05, 4.69) is 26.3 Å². The van der Waals surface area contributed by atoms with Crippen molar-refractivity contribution in [3.8, 4) is 0 Å². The Morgan fingerprint density at radius 1 is 1.15 bits per heavy atom. The highest BCUT2D eigenvalue weighted by molar-refractivity contribution is 9.10. The summed E-state index contributed by atoms with van der Waals surface area (Å²) in [5.74, 6) is 1.21. The predicted molar refractivity (Wildman–Crippen MR) is 101 cm³/mol. The van der Waals surface area contributed by atoms with Gasteiger partial charge in [0.05, 0.1) is 19.1 Å². The van der Waals surface area contributed by atoms with Crippen molar-refractivity contribution in [3.63, 3.8) is 0 Å². The largest absolute Gasteiger partial charge is 0.467 e. The number of furan rings is 2. The number of nitrogens with zero attached hydrogens (tertiary/aromatic N) is 2. The van der Waals surface area contributed by atoms with Crippen molar-refractivity contribution < 1.29 is 13.6 Å². The van der Waals surface area contributed by atoms with Crippen LogP contribution in [-0.4, -0.2) is 23.2 Å². The molecular weight excluding hydrogens is 398 g/mol. The first-order valence-electron chi connectivity index (χ1n) is 8.17. The van der Waals surface area contributed by atoms with Gasteiger partial charge in [-0.1, -0.05) is 12.1 Å². The maximum atomic E-state index is 12.8. The van der Waals surface area contributed by atoms with Crippen molar-refractivity contribution in [2.45, 2.75) is 12.5 Å². The van der Waals surface area contributed by atoms with Crippen molar-refractivity contribution in [2.24, 2.45) is 5.10 Å². The normalized spacial score (nSPS) is 16.6. The molecule has 1 atom stereocenters. The summed E-state index contributed by atoms with van der Waals surface area (Å²) in [6, 6.07) is 14.7. The summed E-state index contributed by atoms with van der Waals surface area (Å²) in [6.07, 6.45) is 3.74. The molecule has 0 bridgehead atoms. The van der Waals surface area contributed by atoms with Crippen molar-refractivity contribution in [1.82, 2.24) is 5.01 Å². The van der Waals surface area contributed by atoms with Crippen LogP contribution in [0.1, 0.15) is 24.0 Å². The van der Waals surface area contributed by atoms with Gasteiger partial charge in [-0.3, -0.25) is 4.79 Å². The maximum absolute atomic E-state index is 12.8. The predicted octanol–water partition coefficient (Wildman–Crippen LogP) is 4.42. The fourth-order valence-corrected chi connectivity index (χ4v) is 3.32. The van der Waals surface area contributed by atoms with Gasteiger partial charge in [0.2, 0.25) is 0 Å². The number of hydrogen-bond acceptors (Lipinski definition) is 5. The van der Waals surface area contributed by atoms with E-state index >= 15 is 0 Å². The standard InChI is InChI=1S/C19H16BrN3O3/c20-13-5-1-2-6-14(13)21-12-19(24)23-16(18-8-4-10-26-18)11-15(22-23)17-7-3-9-25-17/h1-10,16,21H,11-12H2. The average molecular weight is 414 g/mol. The first-order valence-corrected chi connectivity index (χ1v) is 8.97. The minimum Gasteiger partial charge on any atom is -0.467 e. The van der Waals surface area contributed by atoms with Crippen LogP contribution in [0.3, 0.4) is 0 Å². The quantitative estimate of drug-likeness (QED) is 0.671. The van der Waals surface area contributed by atoms with Gasteiger partial charge in [0.25, 0.3) is 5.91 Å². The molecule has 3 heterocycles. The molecule has 0 fully saturated rings. The Bertz CT molecular complexity index is 919. The molecule has 1 N–H and O–H groups in total. The van der Waals surface area contributed by atoms with Crippen LogP contribution < -0.4 is 5.32 Å². The molecule has 0 saturated heterocycles. The van der Waals surface area contributed by atoms with Gasteiger partial charge in [-0.15, -0.1) is 0 Å². The molecule has 0 spiro atoms. The number of halogens is 1. The number of amides is 1. The molecule has 132 valence electrons. The molecule has 1 unspecified atom stereocenters. The highest BCUT2D eigenvalue weighted by Gasteiger charge is 2.35. The Hall–Kier alpha value is -2.80. The molecule has 4 rings (SSSR count). The van der Waals surface area contributed by atoms with Gasteiger partial charge >= 0.3 is 0 Å². The summed E-state index contributed by atoms with van der Waals surface area (Å²) in [5, 5.41) is 9.11. The van der Waals surface area contributed by atoms with Crippen LogP contribution in [-0.2, 0) is 4.79 Å². The summed E-state index contributed by atoms with van der Waals surface area (Å²) in [5.41, 5.74) is 1.58. The topological polar surface area (TPSA) is 71.0 Å². The number of hydrazone groups is 1. The Kier molecular flexibility index (Phi) is 4.62. The van der Waals surface area contributed by atoms with E-state index in [0.717, 1.165) is 15.9 Å². The second-order valence-corrected chi connectivity index (χ2v) is 6.69. The zero-order chi connectivity index (χ0) is 17.9. The lowest BCUT2D eigenvalue weighted by atomic mass is 10.1. The first-order chi connectivity index (χ1) is 12.7. The van der Waals surface area contributed by atoms with Gasteiger partial charge in [-0.05, 0) is 52.3 Å². The Morgan fingerprint density at radius 3 is 2.69 bits per heavy atom. The van der Waals surface area contributed by atoms with E-state index < -0.39 is 0 Å². The fraction of sp³-hybridized carbons (Fsp3) is 0.158. The molecule has 1 aliphatic rings. The summed E-state index contributed by atoms with van der Waals surface area (Å²) < 4.78 is 11.9. The third-order valence-corrected chi connectivity index (χ3v) is 4.84. The Balaban J connectivity index is 1.54. The van der Waals surface area contributed by atoms with E-state index in [1.54, 1.807) is 18.6 Å². The van der Waals surface area contributed by atoms with Gasteiger partial charge in [-0.25, -0.2) is 5.01 Å². The Labute approximate surface area is 158 Å². The molecule has 26 heavy (non-hydrogen) atoms. The highest BCUT2D eigenvalue weighted by atomic mass is 79.9. The number of anilines is 1. The monoisotopic (exact) mass is 413 g/mol. The third kappa shape index (κ3) is 3.30. The van der Waals surface area contributed by atoms with Crippen LogP contribution in [0.2, 0.25) is 0 Å². The lowest BCUT2D eigenvalue weighted by Crippen LogP contribution is -2.32. The Morgan fingerprint density at radius 2 is 1.96 bits per heavy atom. The van der Waals surface area contributed by atoms with Crippen LogP contribution in [0.15, 0.2) is 79.5 Å². The molecule has 0 aliphatic carbocycles. The van der Waals surface area contributed by atoms with Gasteiger partial charge in [0.1, 0.15) is 23.3 Å². The van der Waals surface area contributed by atoms with Gasteiger partial charge in [0.15, 0.2) is 0 Å². The molecule has 1 aliphatic heterocycles. The smallest absolute Gasteiger partial charge is 0.262 e. The third-order valence-electron chi connectivity index (χ3n) is 4.15. The summed E-state index contributed by atoms with van der Waals surface area (Å²) >= 11 is 3.47. The van der Waals surface area contributed by atoms with E-state index in [4.69, 9.17) is 8.83 Å². The molecule has 2 aromatic heterocycles. The first kappa shape index (κ1) is 16.7. The molecule has 1 aromatic carbocycles. The number of carbonyl (C=O) groups is 1. The molecule has 0 saturated carbocycles. The van der Waals surface area contributed by atoms with E-state index in [1.807, 2.05) is 42.5 Å². The summed E-state index contributed by atoms with van der Waals surface area (Å²) in [6.45, 7) is 0.120. The van der Waals surface area contributed by atoms with Gasteiger partial charge in [-0.2, -0.15) is 5.10 Å². The number of rotatable bonds is 5.